The predicted molar refractivity (Wildman–Crippen MR) is 67.0 cm³/mol. The van der Waals surface area contributed by atoms with Crippen molar-refractivity contribution >= 4 is 22.0 Å². The topological polar surface area (TPSA) is 101 Å². The van der Waals surface area contributed by atoms with E-state index in [1.807, 2.05) is 0 Å². The molecule has 1 rings (SSSR count). The first-order valence-corrected chi connectivity index (χ1v) is 7.78. The maximum Gasteiger partial charge on any atom is 0.322 e. The Hall–Kier alpha value is -1.15. The van der Waals surface area contributed by atoms with E-state index in [-0.39, 0.29) is 13.0 Å². The first-order chi connectivity index (χ1) is 8.88. The van der Waals surface area contributed by atoms with Gasteiger partial charge in [0.05, 0.1) is 19.3 Å². The average molecular weight is 293 g/mol. The van der Waals surface area contributed by atoms with Crippen molar-refractivity contribution in [2.24, 2.45) is 0 Å². The zero-order valence-corrected chi connectivity index (χ0v) is 11.7. The molecule has 1 fully saturated rings. The summed E-state index contributed by atoms with van der Waals surface area (Å²) in [6.45, 7) is 0.195. The van der Waals surface area contributed by atoms with Gasteiger partial charge in [-0.05, 0) is 12.8 Å². The maximum atomic E-state index is 12.1. The van der Waals surface area contributed by atoms with Gasteiger partial charge in [0.15, 0.2) is 0 Å². The van der Waals surface area contributed by atoms with Crippen molar-refractivity contribution < 1.29 is 27.9 Å². The third-order valence-corrected chi connectivity index (χ3v) is 5.01. The molecular weight excluding hydrogens is 274 g/mol. The number of sulfonamides is 1. The van der Waals surface area contributed by atoms with Gasteiger partial charge in [-0.2, -0.15) is 4.31 Å². The van der Waals surface area contributed by atoms with Crippen LogP contribution in [0.15, 0.2) is 0 Å². The van der Waals surface area contributed by atoms with Gasteiger partial charge in [-0.3, -0.25) is 9.59 Å². The highest BCUT2D eigenvalue weighted by molar-refractivity contribution is 7.89. The van der Waals surface area contributed by atoms with Crippen LogP contribution >= 0.6 is 0 Å². The molecular formula is C11H19NO6S. The molecule has 1 unspecified atom stereocenters. The molecule has 1 N–H and O–H groups in total. The van der Waals surface area contributed by atoms with Crippen LogP contribution in [0.4, 0.5) is 0 Å². The fourth-order valence-electron chi connectivity index (χ4n) is 2.09. The molecule has 110 valence electrons. The maximum absolute atomic E-state index is 12.1. The molecule has 8 heteroatoms. The highest BCUT2D eigenvalue weighted by atomic mass is 32.2. The fourth-order valence-corrected chi connectivity index (χ4v) is 3.74. The van der Waals surface area contributed by atoms with Crippen LogP contribution in [0.3, 0.4) is 0 Å². The monoisotopic (exact) mass is 293 g/mol. The van der Waals surface area contributed by atoms with E-state index in [0.29, 0.717) is 19.3 Å². The molecule has 0 radical (unpaired) electrons. The zero-order chi connectivity index (χ0) is 14.5. The number of hydrogen-bond acceptors (Lipinski definition) is 5. The number of esters is 1. The third-order valence-electron chi connectivity index (χ3n) is 3.14. The number of aliphatic carboxylic acids is 1. The summed E-state index contributed by atoms with van der Waals surface area (Å²) < 4.78 is 29.7. The minimum absolute atomic E-state index is 0.195. The van der Waals surface area contributed by atoms with Gasteiger partial charge in [0.2, 0.25) is 10.0 Å². The smallest absolute Gasteiger partial charge is 0.322 e. The second kappa shape index (κ2) is 6.85. The number of hydrogen-bond donors (Lipinski definition) is 1. The minimum atomic E-state index is -3.75. The highest BCUT2D eigenvalue weighted by Gasteiger charge is 2.35. The number of carbonyl (C=O) groups is 2. The Morgan fingerprint density at radius 3 is 2.58 bits per heavy atom. The Morgan fingerprint density at radius 1 is 1.32 bits per heavy atom. The van der Waals surface area contributed by atoms with Crippen molar-refractivity contribution in [2.75, 3.05) is 19.4 Å². The molecule has 1 heterocycles. The molecule has 0 amide bonds. The summed E-state index contributed by atoms with van der Waals surface area (Å²) in [4.78, 5) is 22.2. The van der Waals surface area contributed by atoms with E-state index in [4.69, 9.17) is 5.11 Å². The van der Waals surface area contributed by atoms with Crippen LogP contribution in [0.5, 0.6) is 0 Å². The molecule has 1 aliphatic rings. The van der Waals surface area contributed by atoms with Crippen LogP contribution in [0, 0.1) is 0 Å². The molecule has 7 nitrogen and oxygen atoms in total. The number of rotatable bonds is 5. The molecule has 19 heavy (non-hydrogen) atoms. The first-order valence-electron chi connectivity index (χ1n) is 6.17. The lowest BCUT2D eigenvalue weighted by atomic mass is 10.1. The van der Waals surface area contributed by atoms with Crippen LogP contribution in [-0.4, -0.2) is 55.2 Å². The Kier molecular flexibility index (Phi) is 5.74. The van der Waals surface area contributed by atoms with Crippen LogP contribution in [0.25, 0.3) is 0 Å². The van der Waals surface area contributed by atoms with Gasteiger partial charge in [0.25, 0.3) is 0 Å². The molecule has 0 aromatic rings. The Labute approximate surface area is 112 Å². The van der Waals surface area contributed by atoms with Crippen LogP contribution in [-0.2, 0) is 24.3 Å². The molecule has 0 saturated carbocycles. The molecule has 0 spiro atoms. The lowest BCUT2D eigenvalue weighted by Gasteiger charge is -2.25. The number of ether oxygens (including phenoxy) is 1. The number of methoxy groups -OCH3 is 1. The summed E-state index contributed by atoms with van der Waals surface area (Å²) in [5, 5.41) is 9.12. The number of carbonyl (C=O) groups excluding carboxylic acids is 1. The van der Waals surface area contributed by atoms with E-state index in [2.05, 4.69) is 4.74 Å². The second-order valence-electron chi connectivity index (χ2n) is 4.46. The Bertz CT molecular complexity index is 432. The van der Waals surface area contributed by atoms with Gasteiger partial charge >= 0.3 is 11.9 Å². The van der Waals surface area contributed by atoms with Crippen molar-refractivity contribution in [3.63, 3.8) is 0 Å². The van der Waals surface area contributed by atoms with E-state index in [0.717, 1.165) is 10.7 Å². The first kappa shape index (κ1) is 15.9. The summed E-state index contributed by atoms with van der Waals surface area (Å²) in [7, 11) is -2.57. The number of nitrogens with zero attached hydrogens (tertiary/aromatic N) is 1. The molecule has 1 aliphatic heterocycles. The minimum Gasteiger partial charge on any atom is -0.480 e. The van der Waals surface area contributed by atoms with E-state index in [1.165, 1.54) is 7.11 Å². The van der Waals surface area contributed by atoms with Gasteiger partial charge in [-0.15, -0.1) is 0 Å². The number of carboxylic acid groups (broad SMARTS) is 1. The van der Waals surface area contributed by atoms with Crippen molar-refractivity contribution in [1.82, 2.24) is 4.31 Å². The van der Waals surface area contributed by atoms with Crippen LogP contribution in [0.1, 0.15) is 32.1 Å². The van der Waals surface area contributed by atoms with Crippen LogP contribution < -0.4 is 0 Å². The largest absolute Gasteiger partial charge is 0.480 e. The van der Waals surface area contributed by atoms with Gasteiger partial charge in [-0.1, -0.05) is 12.8 Å². The summed E-state index contributed by atoms with van der Waals surface area (Å²) in [5.41, 5.74) is 0. The zero-order valence-electron chi connectivity index (χ0n) is 10.9. The Balaban J connectivity index is 2.82. The van der Waals surface area contributed by atoms with E-state index < -0.39 is 33.8 Å². The van der Waals surface area contributed by atoms with Crippen molar-refractivity contribution in [2.45, 2.75) is 38.1 Å². The average Bonchev–Trinajstić information content (AvgIpc) is 2.61. The second-order valence-corrected chi connectivity index (χ2v) is 6.50. The summed E-state index contributed by atoms with van der Waals surface area (Å²) in [6, 6.07) is -1.02. The highest BCUT2D eigenvalue weighted by Crippen LogP contribution is 2.21. The summed E-state index contributed by atoms with van der Waals surface area (Å²) in [5.74, 6) is -2.17. The van der Waals surface area contributed by atoms with Gasteiger partial charge in [0, 0.05) is 6.54 Å². The molecule has 0 bridgehead atoms. The standard InChI is InChI=1S/C11H19NO6S/c1-18-10(13)6-8-19(16,17)12-7-4-2-3-5-9(12)11(14)15/h9H,2-8H2,1H3,(H,14,15). The molecule has 0 aliphatic carbocycles. The number of carboxylic acids is 1. The van der Waals surface area contributed by atoms with Gasteiger partial charge in [-0.25, -0.2) is 8.42 Å². The van der Waals surface area contributed by atoms with Crippen molar-refractivity contribution in [3.8, 4) is 0 Å². The Morgan fingerprint density at radius 2 is 2.00 bits per heavy atom. The van der Waals surface area contributed by atoms with Crippen molar-refractivity contribution in [3.05, 3.63) is 0 Å². The van der Waals surface area contributed by atoms with Gasteiger partial charge in [0.1, 0.15) is 6.04 Å². The van der Waals surface area contributed by atoms with E-state index >= 15 is 0 Å². The quantitative estimate of drug-likeness (QED) is 0.727. The lowest BCUT2D eigenvalue weighted by molar-refractivity contribution is -0.141. The molecule has 1 saturated heterocycles. The van der Waals surface area contributed by atoms with Crippen LogP contribution in [0.2, 0.25) is 0 Å². The van der Waals surface area contributed by atoms with Crippen molar-refractivity contribution in [1.29, 1.82) is 0 Å². The molecule has 0 aromatic carbocycles. The summed E-state index contributed by atoms with van der Waals surface area (Å²) >= 11 is 0. The SMILES string of the molecule is COC(=O)CCS(=O)(=O)N1CCCCCC1C(=O)O. The predicted octanol–water partition coefficient (Wildman–Crippen LogP) is 0.208. The van der Waals surface area contributed by atoms with Gasteiger partial charge < -0.3 is 9.84 Å². The van der Waals surface area contributed by atoms with E-state index in [1.54, 1.807) is 0 Å². The van der Waals surface area contributed by atoms with E-state index in [9.17, 15) is 18.0 Å². The molecule has 0 aromatic heterocycles. The third kappa shape index (κ3) is 4.46. The molecule has 1 atom stereocenters. The lowest BCUT2D eigenvalue weighted by Crippen LogP contribution is -2.45. The summed E-state index contributed by atoms with van der Waals surface area (Å²) in [6.07, 6.45) is 2.20. The normalized spacial score (nSPS) is 21.6. The fraction of sp³-hybridized carbons (Fsp3) is 0.818.